The normalized spacial score (nSPS) is 10.7. The lowest BCUT2D eigenvalue weighted by Gasteiger charge is -2.22. The van der Waals surface area contributed by atoms with E-state index in [0.717, 1.165) is 25.3 Å². The molecule has 0 aliphatic rings. The monoisotopic (exact) mass is 248 g/mol. The summed E-state index contributed by atoms with van der Waals surface area (Å²) in [6.45, 7) is 4.07. The zero-order valence-corrected chi connectivity index (χ0v) is 10.8. The molecule has 1 aromatic carbocycles. The summed E-state index contributed by atoms with van der Waals surface area (Å²) in [6, 6.07) is 10.4. The van der Waals surface area contributed by atoms with E-state index < -0.39 is 0 Å². The molecule has 0 N–H and O–H groups in total. The molecule has 0 fully saturated rings. The molecule has 0 aliphatic carbocycles. The van der Waals surface area contributed by atoms with Gasteiger partial charge >= 0.3 is 0 Å². The van der Waals surface area contributed by atoms with Crippen LogP contribution in [0.2, 0.25) is 0 Å². The highest BCUT2D eigenvalue weighted by Gasteiger charge is 2.08. The van der Waals surface area contributed by atoms with Crippen molar-refractivity contribution in [2.45, 2.75) is 13.3 Å². The van der Waals surface area contributed by atoms with E-state index in [4.69, 9.17) is 11.6 Å². The molecule has 0 radical (unpaired) electrons. The van der Waals surface area contributed by atoms with Gasteiger partial charge in [-0.1, -0.05) is 24.3 Å². The van der Waals surface area contributed by atoms with Gasteiger partial charge in [0.2, 0.25) is 0 Å². The van der Waals surface area contributed by atoms with Crippen LogP contribution in [-0.2, 0) is 0 Å². The first-order valence-electron chi connectivity index (χ1n) is 6.01. The van der Waals surface area contributed by atoms with E-state index >= 15 is 0 Å². The predicted octanol–water partition coefficient (Wildman–Crippen LogP) is 3.69. The molecule has 3 heteroatoms. The molecule has 2 aromatic rings. The minimum absolute atomic E-state index is 0.696. The second kappa shape index (κ2) is 5.87. The van der Waals surface area contributed by atoms with E-state index in [2.05, 4.69) is 41.1 Å². The fraction of sp³-hybridized carbons (Fsp3) is 0.357. The van der Waals surface area contributed by atoms with E-state index in [1.807, 2.05) is 12.3 Å². The molecule has 17 heavy (non-hydrogen) atoms. The summed E-state index contributed by atoms with van der Waals surface area (Å²) in [5, 5.41) is 2.45. The molecule has 1 heterocycles. The highest BCUT2D eigenvalue weighted by atomic mass is 35.5. The fourth-order valence-corrected chi connectivity index (χ4v) is 2.14. The molecule has 0 atom stereocenters. The lowest BCUT2D eigenvalue weighted by molar-refractivity contribution is 0.785. The average molecular weight is 249 g/mol. The molecular formula is C14H17ClN2. The minimum atomic E-state index is 0.696. The highest BCUT2D eigenvalue weighted by molar-refractivity contribution is 6.17. The molecule has 0 aliphatic heterocycles. The number of aromatic nitrogens is 1. The van der Waals surface area contributed by atoms with E-state index in [-0.39, 0.29) is 0 Å². The van der Waals surface area contributed by atoms with Crippen molar-refractivity contribution in [2.75, 3.05) is 23.9 Å². The first kappa shape index (κ1) is 12.2. The third-order valence-electron chi connectivity index (χ3n) is 2.90. The molecule has 0 saturated carbocycles. The summed E-state index contributed by atoms with van der Waals surface area (Å²) in [4.78, 5) is 6.80. The van der Waals surface area contributed by atoms with Gasteiger partial charge in [-0.15, -0.1) is 11.6 Å². The van der Waals surface area contributed by atoms with E-state index in [1.165, 1.54) is 10.8 Å². The zero-order valence-electron chi connectivity index (χ0n) is 10.1. The number of anilines is 1. The molecule has 0 amide bonds. The fourth-order valence-electron chi connectivity index (χ4n) is 2.02. The summed E-state index contributed by atoms with van der Waals surface area (Å²) in [6.07, 6.45) is 2.86. The Morgan fingerprint density at radius 2 is 2.06 bits per heavy atom. The standard InChI is InChI=1S/C14H17ClN2/c1-2-17(11-5-9-15)14-13-7-4-3-6-12(13)8-10-16-14/h3-4,6-8,10H,2,5,9,11H2,1H3. The summed E-state index contributed by atoms with van der Waals surface area (Å²) < 4.78 is 0. The maximum atomic E-state index is 5.76. The van der Waals surface area contributed by atoms with Crippen molar-refractivity contribution in [1.29, 1.82) is 0 Å². The molecule has 1 aromatic heterocycles. The number of hydrogen-bond donors (Lipinski definition) is 0. The zero-order chi connectivity index (χ0) is 12.1. The third-order valence-corrected chi connectivity index (χ3v) is 3.16. The number of halogens is 1. The summed E-state index contributed by atoms with van der Waals surface area (Å²) >= 11 is 5.76. The van der Waals surface area contributed by atoms with Gasteiger partial charge in [-0.05, 0) is 24.8 Å². The van der Waals surface area contributed by atoms with Gasteiger partial charge in [0, 0.05) is 30.6 Å². The van der Waals surface area contributed by atoms with Crippen molar-refractivity contribution >= 4 is 28.2 Å². The summed E-state index contributed by atoms with van der Waals surface area (Å²) in [5.74, 6) is 1.76. The highest BCUT2D eigenvalue weighted by Crippen LogP contribution is 2.23. The Kier molecular flexibility index (Phi) is 4.21. The maximum absolute atomic E-state index is 5.76. The van der Waals surface area contributed by atoms with Crippen LogP contribution < -0.4 is 4.90 Å². The summed E-state index contributed by atoms with van der Waals surface area (Å²) in [5.41, 5.74) is 0. The number of alkyl halides is 1. The molecule has 2 nitrogen and oxygen atoms in total. The smallest absolute Gasteiger partial charge is 0.136 e. The van der Waals surface area contributed by atoms with Gasteiger partial charge in [0.05, 0.1) is 0 Å². The number of fused-ring (bicyclic) bond motifs is 1. The van der Waals surface area contributed by atoms with Crippen molar-refractivity contribution < 1.29 is 0 Å². The Morgan fingerprint density at radius 3 is 2.82 bits per heavy atom. The van der Waals surface area contributed by atoms with Crippen molar-refractivity contribution in [3.05, 3.63) is 36.5 Å². The van der Waals surface area contributed by atoms with Crippen LogP contribution in [0.3, 0.4) is 0 Å². The van der Waals surface area contributed by atoms with Crippen LogP contribution in [0.5, 0.6) is 0 Å². The molecular weight excluding hydrogens is 232 g/mol. The average Bonchev–Trinajstić information content (AvgIpc) is 2.40. The van der Waals surface area contributed by atoms with Crippen LogP contribution in [0, 0.1) is 0 Å². The van der Waals surface area contributed by atoms with E-state index in [0.29, 0.717) is 5.88 Å². The number of benzene rings is 1. The first-order valence-corrected chi connectivity index (χ1v) is 6.55. The van der Waals surface area contributed by atoms with Gasteiger partial charge in [-0.25, -0.2) is 4.98 Å². The second-order valence-electron chi connectivity index (χ2n) is 3.98. The number of nitrogens with zero attached hydrogens (tertiary/aromatic N) is 2. The van der Waals surface area contributed by atoms with Crippen LogP contribution in [0.15, 0.2) is 36.5 Å². The molecule has 0 saturated heterocycles. The van der Waals surface area contributed by atoms with Crippen LogP contribution >= 0.6 is 11.6 Å². The van der Waals surface area contributed by atoms with Crippen LogP contribution in [0.4, 0.5) is 5.82 Å². The second-order valence-corrected chi connectivity index (χ2v) is 4.36. The lowest BCUT2D eigenvalue weighted by atomic mass is 10.1. The van der Waals surface area contributed by atoms with Gasteiger partial charge in [0.1, 0.15) is 5.82 Å². The molecule has 0 spiro atoms. The van der Waals surface area contributed by atoms with Crippen LogP contribution in [-0.4, -0.2) is 24.0 Å². The molecule has 0 bridgehead atoms. The van der Waals surface area contributed by atoms with Crippen molar-refractivity contribution in [2.24, 2.45) is 0 Å². The predicted molar refractivity (Wildman–Crippen MR) is 75.0 cm³/mol. The van der Waals surface area contributed by atoms with Crippen LogP contribution in [0.25, 0.3) is 10.8 Å². The molecule has 0 unspecified atom stereocenters. The largest absolute Gasteiger partial charge is 0.356 e. The van der Waals surface area contributed by atoms with Gasteiger partial charge < -0.3 is 4.90 Å². The molecule has 90 valence electrons. The Balaban J connectivity index is 2.38. The van der Waals surface area contributed by atoms with E-state index in [9.17, 15) is 0 Å². The maximum Gasteiger partial charge on any atom is 0.136 e. The van der Waals surface area contributed by atoms with Crippen molar-refractivity contribution in [1.82, 2.24) is 4.98 Å². The van der Waals surface area contributed by atoms with Gasteiger partial charge in [0.25, 0.3) is 0 Å². The third kappa shape index (κ3) is 2.70. The van der Waals surface area contributed by atoms with Crippen LogP contribution in [0.1, 0.15) is 13.3 Å². The van der Waals surface area contributed by atoms with Gasteiger partial charge in [-0.3, -0.25) is 0 Å². The minimum Gasteiger partial charge on any atom is -0.356 e. The van der Waals surface area contributed by atoms with E-state index in [1.54, 1.807) is 0 Å². The Morgan fingerprint density at radius 1 is 1.24 bits per heavy atom. The van der Waals surface area contributed by atoms with Crippen molar-refractivity contribution in [3.63, 3.8) is 0 Å². The number of pyridine rings is 1. The number of rotatable bonds is 5. The first-order chi connectivity index (χ1) is 8.36. The Labute approximate surface area is 107 Å². The SMILES string of the molecule is CCN(CCCCl)c1nccc2ccccc12. The van der Waals surface area contributed by atoms with Gasteiger partial charge in [-0.2, -0.15) is 0 Å². The molecule has 2 rings (SSSR count). The Hall–Kier alpha value is -1.28. The van der Waals surface area contributed by atoms with Crippen molar-refractivity contribution in [3.8, 4) is 0 Å². The lowest BCUT2D eigenvalue weighted by Crippen LogP contribution is -2.25. The quantitative estimate of drug-likeness (QED) is 0.751. The topological polar surface area (TPSA) is 16.1 Å². The Bertz CT molecular complexity index is 479. The number of hydrogen-bond acceptors (Lipinski definition) is 2. The van der Waals surface area contributed by atoms with Gasteiger partial charge in [0.15, 0.2) is 0 Å². The summed E-state index contributed by atoms with van der Waals surface area (Å²) in [7, 11) is 0.